The summed E-state index contributed by atoms with van der Waals surface area (Å²) in [5.41, 5.74) is 1.74. The molecule has 134 valence electrons. The number of carbonyl (C=O) groups excluding carboxylic acids is 2. The predicted molar refractivity (Wildman–Crippen MR) is 95.4 cm³/mol. The van der Waals surface area contributed by atoms with Crippen molar-refractivity contribution in [2.45, 2.75) is 19.6 Å². The number of benzene rings is 2. The largest absolute Gasteiger partial charge is 0.454 e. The lowest BCUT2D eigenvalue weighted by Crippen LogP contribution is -2.35. The molecule has 0 bridgehead atoms. The Kier molecular flexibility index (Phi) is 5.53. The molecule has 0 spiro atoms. The summed E-state index contributed by atoms with van der Waals surface area (Å²) in [5, 5.41) is 2.74. The van der Waals surface area contributed by atoms with Crippen molar-refractivity contribution < 1.29 is 23.8 Å². The standard InChI is InChI=1S/C20H19NO5/c1-14(20(23)21-12-16-5-3-2-4-6-16)26-19(22)10-8-15-7-9-17-18(11-15)25-13-24-17/h2-11,14H,12-13H2,1H3,(H,21,23)/b10-8+/t14-/m1/s1. The molecule has 2 aromatic rings. The van der Waals surface area contributed by atoms with Gasteiger partial charge in [0.25, 0.3) is 5.91 Å². The van der Waals surface area contributed by atoms with Crippen molar-refractivity contribution in [3.05, 3.63) is 65.7 Å². The van der Waals surface area contributed by atoms with E-state index < -0.39 is 12.1 Å². The van der Waals surface area contributed by atoms with Gasteiger partial charge >= 0.3 is 5.97 Å². The summed E-state index contributed by atoms with van der Waals surface area (Å²) < 4.78 is 15.6. The van der Waals surface area contributed by atoms with E-state index in [1.54, 1.807) is 24.3 Å². The molecule has 1 atom stereocenters. The van der Waals surface area contributed by atoms with Crippen LogP contribution in [-0.2, 0) is 20.9 Å². The van der Waals surface area contributed by atoms with Crippen molar-refractivity contribution in [1.82, 2.24) is 5.32 Å². The van der Waals surface area contributed by atoms with Crippen LogP contribution in [0.4, 0.5) is 0 Å². The summed E-state index contributed by atoms with van der Waals surface area (Å²) >= 11 is 0. The average molecular weight is 353 g/mol. The van der Waals surface area contributed by atoms with Gasteiger partial charge in [0.15, 0.2) is 17.6 Å². The molecular weight excluding hydrogens is 334 g/mol. The van der Waals surface area contributed by atoms with Crippen LogP contribution in [-0.4, -0.2) is 24.8 Å². The third-order valence-electron chi connectivity index (χ3n) is 3.78. The third-order valence-corrected chi connectivity index (χ3v) is 3.78. The van der Waals surface area contributed by atoms with Crippen molar-refractivity contribution in [3.8, 4) is 11.5 Å². The normalized spacial score (nSPS) is 13.4. The first-order valence-electron chi connectivity index (χ1n) is 8.22. The number of nitrogens with one attached hydrogen (secondary N) is 1. The van der Waals surface area contributed by atoms with Gasteiger partial charge < -0.3 is 19.5 Å². The van der Waals surface area contributed by atoms with Crippen molar-refractivity contribution in [2.75, 3.05) is 6.79 Å². The van der Waals surface area contributed by atoms with E-state index in [-0.39, 0.29) is 12.7 Å². The minimum atomic E-state index is -0.882. The zero-order valence-corrected chi connectivity index (χ0v) is 14.3. The van der Waals surface area contributed by atoms with E-state index in [1.165, 1.54) is 13.0 Å². The predicted octanol–water partition coefficient (Wildman–Crippen LogP) is 2.68. The van der Waals surface area contributed by atoms with Crippen LogP contribution in [0, 0.1) is 0 Å². The molecule has 0 fully saturated rings. The van der Waals surface area contributed by atoms with E-state index in [1.807, 2.05) is 30.3 Å². The molecule has 1 aliphatic rings. The van der Waals surface area contributed by atoms with Crippen LogP contribution in [0.1, 0.15) is 18.1 Å². The summed E-state index contributed by atoms with van der Waals surface area (Å²) in [5.74, 6) is 0.367. The maximum absolute atomic E-state index is 12.0. The molecular formula is C20H19NO5. The molecule has 6 nitrogen and oxygen atoms in total. The topological polar surface area (TPSA) is 73.9 Å². The van der Waals surface area contributed by atoms with E-state index >= 15 is 0 Å². The number of carbonyl (C=O) groups is 2. The first kappa shape index (κ1) is 17.5. The van der Waals surface area contributed by atoms with Crippen LogP contribution in [0.15, 0.2) is 54.6 Å². The first-order valence-corrected chi connectivity index (χ1v) is 8.22. The highest BCUT2D eigenvalue weighted by molar-refractivity contribution is 5.90. The summed E-state index contributed by atoms with van der Waals surface area (Å²) in [6.07, 6.45) is 1.99. The number of amides is 1. The Morgan fingerprint density at radius 3 is 2.73 bits per heavy atom. The number of rotatable bonds is 6. The second-order valence-corrected chi connectivity index (χ2v) is 5.73. The maximum Gasteiger partial charge on any atom is 0.331 e. The van der Waals surface area contributed by atoms with E-state index in [2.05, 4.69) is 5.32 Å². The van der Waals surface area contributed by atoms with Gasteiger partial charge in [-0.2, -0.15) is 0 Å². The highest BCUT2D eigenvalue weighted by atomic mass is 16.7. The molecule has 0 saturated carbocycles. The van der Waals surface area contributed by atoms with Crippen molar-refractivity contribution >= 4 is 18.0 Å². The quantitative estimate of drug-likeness (QED) is 0.638. The van der Waals surface area contributed by atoms with Gasteiger partial charge in [-0.3, -0.25) is 4.79 Å². The number of hydrogen-bond donors (Lipinski definition) is 1. The summed E-state index contributed by atoms with van der Waals surface area (Å²) in [4.78, 5) is 23.9. The Hall–Kier alpha value is -3.28. The molecule has 2 aromatic carbocycles. The van der Waals surface area contributed by atoms with E-state index in [9.17, 15) is 9.59 Å². The van der Waals surface area contributed by atoms with Gasteiger partial charge in [0.2, 0.25) is 6.79 Å². The van der Waals surface area contributed by atoms with Crippen molar-refractivity contribution in [2.24, 2.45) is 0 Å². The lowest BCUT2D eigenvalue weighted by atomic mass is 10.2. The van der Waals surface area contributed by atoms with E-state index in [0.717, 1.165) is 11.1 Å². The lowest BCUT2D eigenvalue weighted by molar-refractivity contribution is -0.150. The van der Waals surface area contributed by atoms with Crippen LogP contribution in [0.25, 0.3) is 6.08 Å². The van der Waals surface area contributed by atoms with Crippen LogP contribution in [0.3, 0.4) is 0 Å². The zero-order valence-electron chi connectivity index (χ0n) is 14.3. The van der Waals surface area contributed by atoms with Crippen LogP contribution in [0.2, 0.25) is 0 Å². The lowest BCUT2D eigenvalue weighted by Gasteiger charge is -2.12. The fourth-order valence-corrected chi connectivity index (χ4v) is 2.38. The van der Waals surface area contributed by atoms with E-state index in [4.69, 9.17) is 14.2 Å². The first-order chi connectivity index (χ1) is 12.6. The molecule has 0 saturated heterocycles. The summed E-state index contributed by atoms with van der Waals surface area (Å²) in [6.45, 7) is 2.11. The fraction of sp³-hybridized carbons (Fsp3) is 0.200. The van der Waals surface area contributed by atoms with Gasteiger partial charge in [-0.25, -0.2) is 4.79 Å². The van der Waals surface area contributed by atoms with Crippen LogP contribution >= 0.6 is 0 Å². The van der Waals surface area contributed by atoms with Gasteiger partial charge in [0.05, 0.1) is 0 Å². The molecule has 1 aliphatic heterocycles. The van der Waals surface area contributed by atoms with Gasteiger partial charge in [-0.05, 0) is 36.3 Å². The number of ether oxygens (including phenoxy) is 3. The second-order valence-electron chi connectivity index (χ2n) is 5.73. The molecule has 0 aromatic heterocycles. The Bertz CT molecular complexity index is 816. The third kappa shape index (κ3) is 4.63. The van der Waals surface area contributed by atoms with Crippen molar-refractivity contribution in [3.63, 3.8) is 0 Å². The van der Waals surface area contributed by atoms with E-state index in [0.29, 0.717) is 18.0 Å². The summed E-state index contributed by atoms with van der Waals surface area (Å²) in [6, 6.07) is 14.8. The Morgan fingerprint density at radius 1 is 1.15 bits per heavy atom. The number of fused-ring (bicyclic) bond motifs is 1. The highest BCUT2D eigenvalue weighted by Gasteiger charge is 2.16. The van der Waals surface area contributed by atoms with Crippen molar-refractivity contribution in [1.29, 1.82) is 0 Å². The highest BCUT2D eigenvalue weighted by Crippen LogP contribution is 2.32. The molecule has 6 heteroatoms. The minimum absolute atomic E-state index is 0.195. The smallest absolute Gasteiger partial charge is 0.331 e. The molecule has 1 heterocycles. The number of hydrogen-bond acceptors (Lipinski definition) is 5. The minimum Gasteiger partial charge on any atom is -0.454 e. The van der Waals surface area contributed by atoms with Gasteiger partial charge in [-0.15, -0.1) is 0 Å². The molecule has 26 heavy (non-hydrogen) atoms. The average Bonchev–Trinajstić information content (AvgIpc) is 3.13. The maximum atomic E-state index is 12.0. The molecule has 0 unspecified atom stereocenters. The second kappa shape index (κ2) is 8.20. The van der Waals surface area contributed by atoms with Gasteiger partial charge in [0.1, 0.15) is 0 Å². The fourth-order valence-electron chi connectivity index (χ4n) is 2.38. The molecule has 1 N–H and O–H groups in total. The molecule has 3 rings (SSSR count). The zero-order chi connectivity index (χ0) is 18.4. The Balaban J connectivity index is 1.48. The molecule has 1 amide bonds. The number of esters is 1. The monoisotopic (exact) mass is 353 g/mol. The van der Waals surface area contributed by atoms with Gasteiger partial charge in [0, 0.05) is 12.6 Å². The Labute approximate surface area is 151 Å². The Morgan fingerprint density at radius 2 is 1.92 bits per heavy atom. The van der Waals surface area contributed by atoms with Crippen LogP contribution in [0.5, 0.6) is 11.5 Å². The van der Waals surface area contributed by atoms with Crippen LogP contribution < -0.4 is 14.8 Å². The van der Waals surface area contributed by atoms with Gasteiger partial charge in [-0.1, -0.05) is 36.4 Å². The SMILES string of the molecule is C[C@@H](OC(=O)/C=C/c1ccc2c(c1)OCO2)C(=O)NCc1ccccc1. The molecule has 0 radical (unpaired) electrons. The molecule has 0 aliphatic carbocycles. The summed E-state index contributed by atoms with van der Waals surface area (Å²) in [7, 11) is 0.